The van der Waals surface area contributed by atoms with Crippen LogP contribution in [-0.2, 0) is 11.0 Å². The van der Waals surface area contributed by atoms with E-state index in [0.29, 0.717) is 11.4 Å². The van der Waals surface area contributed by atoms with Gasteiger partial charge in [0.05, 0.1) is 5.92 Å². The monoisotopic (exact) mass is 452 g/mol. The van der Waals surface area contributed by atoms with Gasteiger partial charge in [0.2, 0.25) is 5.91 Å². The maximum atomic E-state index is 12.9. The molecular formula is C19H31F3N4OS2. The molecule has 0 bridgehead atoms. The van der Waals surface area contributed by atoms with E-state index in [4.69, 9.17) is 0 Å². The van der Waals surface area contributed by atoms with Gasteiger partial charge >= 0.3 is 6.18 Å². The number of pyridine rings is 1. The minimum Gasteiger partial charge on any atom is -0.382 e. The number of likely N-dealkylation sites (tertiary alicyclic amines) is 1. The van der Waals surface area contributed by atoms with E-state index in [1.54, 1.807) is 13.0 Å². The van der Waals surface area contributed by atoms with Crippen LogP contribution in [0.5, 0.6) is 0 Å². The molecule has 1 aromatic rings. The van der Waals surface area contributed by atoms with Gasteiger partial charge in [0, 0.05) is 30.0 Å². The van der Waals surface area contributed by atoms with Crippen molar-refractivity contribution in [1.82, 2.24) is 15.2 Å². The van der Waals surface area contributed by atoms with Crippen LogP contribution < -0.4 is 10.6 Å². The van der Waals surface area contributed by atoms with Gasteiger partial charge in [-0.3, -0.25) is 4.79 Å². The molecule has 0 spiro atoms. The topological polar surface area (TPSA) is 57.3 Å². The summed E-state index contributed by atoms with van der Waals surface area (Å²) in [5.41, 5.74) is -0.0707. The summed E-state index contributed by atoms with van der Waals surface area (Å²) in [4.78, 5) is 18.1. The van der Waals surface area contributed by atoms with Crippen LogP contribution in [0, 0.1) is 12.8 Å². The van der Waals surface area contributed by atoms with Crippen molar-refractivity contribution in [3.8, 4) is 0 Å². The molecule has 0 radical (unpaired) electrons. The Bertz CT molecular complexity index is 682. The van der Waals surface area contributed by atoms with Crippen molar-refractivity contribution in [2.75, 3.05) is 25.5 Å². The molecule has 2 heterocycles. The minimum absolute atomic E-state index is 0. The SMILES string of the molecule is Cc1cc(NC2CCC(NC(=O)C3CCN(C)C3)CC2)cc(C(F)(F)F)n1.S.S. The quantitative estimate of drug-likeness (QED) is 0.735. The third-order valence-electron chi connectivity index (χ3n) is 5.45. The molecule has 1 atom stereocenters. The first kappa shape index (κ1) is 25.9. The molecule has 1 aromatic heterocycles. The Morgan fingerprint density at radius 3 is 2.28 bits per heavy atom. The van der Waals surface area contributed by atoms with Crippen molar-refractivity contribution < 1.29 is 18.0 Å². The first-order valence-electron chi connectivity index (χ1n) is 9.52. The molecule has 1 saturated heterocycles. The second-order valence-electron chi connectivity index (χ2n) is 7.83. The molecule has 1 amide bonds. The number of hydrogen-bond donors (Lipinski definition) is 2. The lowest BCUT2D eigenvalue weighted by Gasteiger charge is -2.31. The average molecular weight is 453 g/mol. The van der Waals surface area contributed by atoms with Crippen molar-refractivity contribution in [3.05, 3.63) is 23.5 Å². The lowest BCUT2D eigenvalue weighted by Crippen LogP contribution is -2.43. The molecule has 5 nitrogen and oxygen atoms in total. The Morgan fingerprint density at radius 1 is 1.10 bits per heavy atom. The molecule has 166 valence electrons. The van der Waals surface area contributed by atoms with E-state index in [0.717, 1.165) is 51.3 Å². The summed E-state index contributed by atoms with van der Waals surface area (Å²) in [5, 5.41) is 6.36. The second kappa shape index (κ2) is 10.8. The van der Waals surface area contributed by atoms with Crippen molar-refractivity contribution in [1.29, 1.82) is 0 Å². The zero-order valence-corrected chi connectivity index (χ0v) is 18.8. The average Bonchev–Trinajstić information content (AvgIpc) is 3.02. The lowest BCUT2D eigenvalue weighted by molar-refractivity contribution is -0.141. The first-order valence-corrected chi connectivity index (χ1v) is 9.52. The van der Waals surface area contributed by atoms with Gasteiger partial charge in [-0.2, -0.15) is 40.2 Å². The van der Waals surface area contributed by atoms with Gasteiger partial charge in [-0.05, 0) is 64.8 Å². The van der Waals surface area contributed by atoms with E-state index in [1.807, 2.05) is 7.05 Å². The highest BCUT2D eigenvalue weighted by Crippen LogP contribution is 2.31. The summed E-state index contributed by atoms with van der Waals surface area (Å²) in [5.74, 6) is 0.210. The molecule has 3 rings (SSSR count). The predicted molar refractivity (Wildman–Crippen MR) is 118 cm³/mol. The van der Waals surface area contributed by atoms with E-state index in [-0.39, 0.29) is 50.9 Å². The third kappa shape index (κ3) is 7.25. The summed E-state index contributed by atoms with van der Waals surface area (Å²) < 4.78 is 38.8. The summed E-state index contributed by atoms with van der Waals surface area (Å²) in [6, 6.07) is 2.97. The van der Waals surface area contributed by atoms with Gasteiger partial charge in [-0.25, -0.2) is 4.98 Å². The van der Waals surface area contributed by atoms with Gasteiger partial charge in [0.25, 0.3) is 0 Å². The highest BCUT2D eigenvalue weighted by Gasteiger charge is 2.33. The Hall–Kier alpha value is -1.13. The Kier molecular flexibility index (Phi) is 9.62. The lowest BCUT2D eigenvalue weighted by atomic mass is 9.90. The summed E-state index contributed by atoms with van der Waals surface area (Å²) >= 11 is 0. The highest BCUT2D eigenvalue weighted by atomic mass is 32.1. The zero-order chi connectivity index (χ0) is 19.6. The number of nitrogens with one attached hydrogen (secondary N) is 2. The first-order chi connectivity index (χ1) is 12.7. The molecule has 1 unspecified atom stereocenters. The smallest absolute Gasteiger partial charge is 0.382 e. The van der Waals surface area contributed by atoms with E-state index >= 15 is 0 Å². The molecule has 2 aliphatic rings. The van der Waals surface area contributed by atoms with E-state index < -0.39 is 11.9 Å². The van der Waals surface area contributed by atoms with Crippen LogP contribution in [0.2, 0.25) is 0 Å². The van der Waals surface area contributed by atoms with Crippen LogP contribution >= 0.6 is 27.0 Å². The molecule has 0 aromatic carbocycles. The number of amides is 1. The fourth-order valence-electron chi connectivity index (χ4n) is 3.98. The molecule has 29 heavy (non-hydrogen) atoms. The van der Waals surface area contributed by atoms with Gasteiger partial charge in [-0.1, -0.05) is 0 Å². The molecule has 1 aliphatic carbocycles. The Balaban J connectivity index is 0.00000210. The second-order valence-corrected chi connectivity index (χ2v) is 7.83. The number of aryl methyl sites for hydroxylation is 1. The van der Waals surface area contributed by atoms with E-state index in [2.05, 4.69) is 20.5 Å². The Morgan fingerprint density at radius 2 is 1.72 bits per heavy atom. The number of carbonyl (C=O) groups is 1. The molecule has 2 fully saturated rings. The number of halogens is 3. The van der Waals surface area contributed by atoms with Gasteiger partial charge in [0.1, 0.15) is 5.69 Å². The zero-order valence-electron chi connectivity index (χ0n) is 16.8. The standard InChI is InChI=1S/C19H27F3N4O.2H2S/c1-12-9-16(10-17(23-12)19(20,21)22)24-14-3-5-15(6-4-14)25-18(27)13-7-8-26(2)11-13;;/h9-10,13-15H,3-8,11H2,1-2H3,(H,23,24)(H,25,27);2*1H2. The predicted octanol–water partition coefficient (Wildman–Crippen LogP) is 3.43. The fourth-order valence-corrected chi connectivity index (χ4v) is 3.98. The summed E-state index contributed by atoms with van der Waals surface area (Å²) in [6.07, 6.45) is -0.234. The van der Waals surface area contributed by atoms with Crippen LogP contribution in [0.3, 0.4) is 0 Å². The molecule has 2 N–H and O–H groups in total. The van der Waals surface area contributed by atoms with Gasteiger partial charge in [0.15, 0.2) is 0 Å². The number of hydrogen-bond acceptors (Lipinski definition) is 4. The van der Waals surface area contributed by atoms with E-state index in [9.17, 15) is 18.0 Å². The largest absolute Gasteiger partial charge is 0.433 e. The number of carbonyl (C=O) groups excluding carboxylic acids is 1. The number of nitrogens with zero attached hydrogens (tertiary/aromatic N) is 2. The number of aromatic nitrogens is 1. The minimum atomic E-state index is -4.45. The van der Waals surface area contributed by atoms with Crippen LogP contribution in [0.15, 0.2) is 12.1 Å². The van der Waals surface area contributed by atoms with Crippen molar-refractivity contribution in [2.24, 2.45) is 5.92 Å². The molecule has 1 saturated carbocycles. The highest BCUT2D eigenvalue weighted by molar-refractivity contribution is 7.59. The van der Waals surface area contributed by atoms with E-state index in [1.165, 1.54) is 0 Å². The maximum Gasteiger partial charge on any atom is 0.433 e. The van der Waals surface area contributed by atoms with Crippen molar-refractivity contribution in [3.63, 3.8) is 0 Å². The van der Waals surface area contributed by atoms with Crippen LogP contribution in [-0.4, -0.2) is 48.0 Å². The molecule has 1 aliphatic heterocycles. The Labute approximate surface area is 184 Å². The van der Waals surface area contributed by atoms with Gasteiger partial charge in [-0.15, -0.1) is 0 Å². The number of anilines is 1. The fraction of sp³-hybridized carbons (Fsp3) is 0.684. The summed E-state index contributed by atoms with van der Waals surface area (Å²) in [6.45, 7) is 3.33. The third-order valence-corrected chi connectivity index (χ3v) is 5.45. The molecular weight excluding hydrogens is 421 g/mol. The van der Waals surface area contributed by atoms with Crippen molar-refractivity contribution in [2.45, 2.75) is 57.3 Å². The van der Waals surface area contributed by atoms with Crippen molar-refractivity contribution >= 4 is 38.6 Å². The van der Waals surface area contributed by atoms with Gasteiger partial charge < -0.3 is 15.5 Å². The number of rotatable bonds is 4. The maximum absolute atomic E-state index is 12.9. The summed E-state index contributed by atoms with van der Waals surface area (Å²) in [7, 11) is 2.02. The van der Waals surface area contributed by atoms with Crippen LogP contribution in [0.1, 0.15) is 43.5 Å². The normalized spacial score (nSPS) is 24.9. The number of alkyl halides is 3. The van der Waals surface area contributed by atoms with Crippen LogP contribution in [0.4, 0.5) is 18.9 Å². The molecule has 10 heteroatoms. The van der Waals surface area contributed by atoms with Crippen LogP contribution in [0.25, 0.3) is 0 Å².